The zero-order chi connectivity index (χ0) is 11.1. The van der Waals surface area contributed by atoms with Crippen LogP contribution in [0.4, 0.5) is 0 Å². The molecule has 90 valence electrons. The zero-order valence-electron chi connectivity index (χ0n) is 10.5. The van der Waals surface area contributed by atoms with E-state index in [2.05, 4.69) is 18.7 Å². The number of nitrogens with two attached hydrogens (primary N) is 1. The lowest BCUT2D eigenvalue weighted by Gasteiger charge is -2.26. The first-order valence-corrected chi connectivity index (χ1v) is 6.75. The van der Waals surface area contributed by atoms with E-state index in [0.29, 0.717) is 6.04 Å². The number of nitrogens with zero attached hydrogens (tertiary/aromatic N) is 1. The average molecular weight is 212 g/mol. The Morgan fingerprint density at radius 3 is 2.67 bits per heavy atom. The molecule has 0 aromatic carbocycles. The molecule has 0 amide bonds. The molecule has 0 aromatic heterocycles. The van der Waals surface area contributed by atoms with Crippen molar-refractivity contribution in [3.63, 3.8) is 0 Å². The maximum Gasteiger partial charge on any atom is 0.0218 e. The predicted molar refractivity (Wildman–Crippen MR) is 67.0 cm³/mol. The average Bonchev–Trinajstić information content (AvgIpc) is 2.73. The second-order valence-corrected chi connectivity index (χ2v) is 4.94. The minimum Gasteiger partial charge on any atom is -0.329 e. The number of likely N-dealkylation sites (tertiary alicyclic amines) is 1. The summed E-state index contributed by atoms with van der Waals surface area (Å²) in [6.45, 7) is 8.00. The Bertz CT molecular complexity index is 159. The van der Waals surface area contributed by atoms with E-state index in [9.17, 15) is 0 Å². The molecule has 2 nitrogen and oxygen atoms in total. The van der Waals surface area contributed by atoms with Gasteiger partial charge in [0, 0.05) is 19.1 Å². The highest BCUT2D eigenvalue weighted by Crippen LogP contribution is 2.22. The summed E-state index contributed by atoms with van der Waals surface area (Å²) in [4.78, 5) is 2.63. The smallest absolute Gasteiger partial charge is 0.0218 e. The van der Waals surface area contributed by atoms with Crippen LogP contribution in [0, 0.1) is 5.92 Å². The maximum absolute atomic E-state index is 5.88. The summed E-state index contributed by atoms with van der Waals surface area (Å²) < 4.78 is 0. The van der Waals surface area contributed by atoms with Crippen LogP contribution in [0.15, 0.2) is 0 Å². The van der Waals surface area contributed by atoms with Gasteiger partial charge in [0.1, 0.15) is 0 Å². The van der Waals surface area contributed by atoms with Crippen molar-refractivity contribution in [1.29, 1.82) is 0 Å². The molecule has 0 aromatic rings. The summed E-state index contributed by atoms with van der Waals surface area (Å²) in [5.74, 6) is 0.935. The van der Waals surface area contributed by atoms with Crippen LogP contribution in [-0.4, -0.2) is 30.6 Å². The summed E-state index contributed by atoms with van der Waals surface area (Å²) in [6, 6.07) is 0.660. The lowest BCUT2D eigenvalue weighted by molar-refractivity contribution is 0.222. The fourth-order valence-electron chi connectivity index (χ4n) is 2.61. The van der Waals surface area contributed by atoms with Crippen LogP contribution >= 0.6 is 0 Å². The summed E-state index contributed by atoms with van der Waals surface area (Å²) in [6.07, 6.45) is 8.06. The highest BCUT2D eigenvalue weighted by molar-refractivity contribution is 4.81. The lowest BCUT2D eigenvalue weighted by Crippen LogP contribution is -2.39. The van der Waals surface area contributed by atoms with E-state index < -0.39 is 0 Å². The van der Waals surface area contributed by atoms with Crippen molar-refractivity contribution in [3.05, 3.63) is 0 Å². The van der Waals surface area contributed by atoms with Crippen molar-refractivity contribution in [3.8, 4) is 0 Å². The Balaban J connectivity index is 2.25. The summed E-state index contributed by atoms with van der Waals surface area (Å²) in [5, 5.41) is 0. The third-order valence-corrected chi connectivity index (χ3v) is 3.82. The van der Waals surface area contributed by atoms with Gasteiger partial charge in [-0.15, -0.1) is 0 Å². The van der Waals surface area contributed by atoms with Crippen LogP contribution in [0.2, 0.25) is 0 Å². The van der Waals surface area contributed by atoms with E-state index in [1.54, 1.807) is 0 Å². The van der Waals surface area contributed by atoms with E-state index in [0.717, 1.165) is 12.5 Å². The van der Waals surface area contributed by atoms with Crippen LogP contribution in [0.3, 0.4) is 0 Å². The molecule has 2 unspecified atom stereocenters. The lowest BCUT2D eigenvalue weighted by atomic mass is 10.1. The topological polar surface area (TPSA) is 29.3 Å². The van der Waals surface area contributed by atoms with Gasteiger partial charge in [-0.2, -0.15) is 0 Å². The second-order valence-electron chi connectivity index (χ2n) is 4.94. The summed E-state index contributed by atoms with van der Waals surface area (Å²) >= 11 is 0. The van der Waals surface area contributed by atoms with Crippen LogP contribution < -0.4 is 5.73 Å². The van der Waals surface area contributed by atoms with Crippen molar-refractivity contribution in [2.45, 2.75) is 58.4 Å². The minimum absolute atomic E-state index is 0.660. The van der Waals surface area contributed by atoms with Crippen LogP contribution in [0.5, 0.6) is 0 Å². The Hall–Kier alpha value is -0.0800. The van der Waals surface area contributed by atoms with Gasteiger partial charge in [-0.05, 0) is 25.3 Å². The van der Waals surface area contributed by atoms with Gasteiger partial charge in [-0.3, -0.25) is 4.90 Å². The highest BCUT2D eigenvalue weighted by Gasteiger charge is 2.25. The number of hydrogen-bond donors (Lipinski definition) is 1. The van der Waals surface area contributed by atoms with E-state index >= 15 is 0 Å². The quantitative estimate of drug-likeness (QED) is 0.657. The number of unbranched alkanes of at least 4 members (excludes halogenated alkanes) is 2. The largest absolute Gasteiger partial charge is 0.329 e. The molecule has 2 heteroatoms. The minimum atomic E-state index is 0.660. The van der Waals surface area contributed by atoms with Gasteiger partial charge in [-0.1, -0.05) is 39.5 Å². The fraction of sp³-hybridized carbons (Fsp3) is 1.00. The van der Waals surface area contributed by atoms with Crippen molar-refractivity contribution in [2.75, 3.05) is 19.6 Å². The standard InChI is InChI=1S/C13H28N2/c1-3-5-6-7-13(10-14)15-9-8-12(4-2)11-15/h12-13H,3-11,14H2,1-2H3. The molecule has 0 bridgehead atoms. The second kappa shape index (κ2) is 7.24. The van der Waals surface area contributed by atoms with Gasteiger partial charge in [0.25, 0.3) is 0 Å². The monoisotopic (exact) mass is 212 g/mol. The Morgan fingerprint density at radius 1 is 1.33 bits per heavy atom. The van der Waals surface area contributed by atoms with Gasteiger partial charge in [0.2, 0.25) is 0 Å². The first kappa shape index (κ1) is 13.0. The molecule has 1 aliphatic rings. The summed E-state index contributed by atoms with van der Waals surface area (Å²) in [5.41, 5.74) is 5.88. The highest BCUT2D eigenvalue weighted by atomic mass is 15.2. The van der Waals surface area contributed by atoms with Gasteiger partial charge in [-0.25, -0.2) is 0 Å². The normalized spacial score (nSPS) is 24.6. The SMILES string of the molecule is CCCCCC(CN)N1CCC(CC)C1. The van der Waals surface area contributed by atoms with Crippen LogP contribution in [0.1, 0.15) is 52.4 Å². The fourth-order valence-corrected chi connectivity index (χ4v) is 2.61. The zero-order valence-corrected chi connectivity index (χ0v) is 10.5. The molecule has 1 rings (SSSR count). The van der Waals surface area contributed by atoms with Crippen LogP contribution in [-0.2, 0) is 0 Å². The molecule has 0 saturated carbocycles. The van der Waals surface area contributed by atoms with Gasteiger partial charge in [0.15, 0.2) is 0 Å². The van der Waals surface area contributed by atoms with Crippen LogP contribution in [0.25, 0.3) is 0 Å². The van der Waals surface area contributed by atoms with Crippen molar-refractivity contribution in [1.82, 2.24) is 4.90 Å². The molecule has 2 atom stereocenters. The van der Waals surface area contributed by atoms with Crippen molar-refractivity contribution in [2.24, 2.45) is 11.7 Å². The predicted octanol–water partition coefficient (Wildman–Crippen LogP) is 2.63. The van der Waals surface area contributed by atoms with E-state index in [1.165, 1.54) is 51.6 Å². The van der Waals surface area contributed by atoms with E-state index in [-0.39, 0.29) is 0 Å². The van der Waals surface area contributed by atoms with Crippen molar-refractivity contribution < 1.29 is 0 Å². The molecular weight excluding hydrogens is 184 g/mol. The molecule has 2 N–H and O–H groups in total. The molecular formula is C13H28N2. The maximum atomic E-state index is 5.88. The molecule has 0 radical (unpaired) electrons. The van der Waals surface area contributed by atoms with Gasteiger partial charge < -0.3 is 5.73 Å². The molecule has 0 aliphatic carbocycles. The number of hydrogen-bond acceptors (Lipinski definition) is 2. The van der Waals surface area contributed by atoms with Gasteiger partial charge in [0.05, 0.1) is 0 Å². The molecule has 1 saturated heterocycles. The molecule has 1 aliphatic heterocycles. The number of rotatable bonds is 7. The molecule has 15 heavy (non-hydrogen) atoms. The van der Waals surface area contributed by atoms with Crippen molar-refractivity contribution >= 4 is 0 Å². The first-order chi connectivity index (χ1) is 7.31. The molecule has 0 spiro atoms. The van der Waals surface area contributed by atoms with Gasteiger partial charge >= 0.3 is 0 Å². The third-order valence-electron chi connectivity index (χ3n) is 3.82. The van der Waals surface area contributed by atoms with E-state index in [1.807, 2.05) is 0 Å². The van der Waals surface area contributed by atoms with E-state index in [4.69, 9.17) is 5.73 Å². The Kier molecular flexibility index (Phi) is 6.26. The summed E-state index contributed by atoms with van der Waals surface area (Å²) in [7, 11) is 0. The Morgan fingerprint density at radius 2 is 2.13 bits per heavy atom. The first-order valence-electron chi connectivity index (χ1n) is 6.75. The Labute approximate surface area is 95.2 Å². The molecule has 1 fully saturated rings. The molecule has 1 heterocycles. The third kappa shape index (κ3) is 4.12.